The minimum atomic E-state index is -2.89. The van der Waals surface area contributed by atoms with Crippen molar-refractivity contribution >= 4 is 17.8 Å². The molecule has 2 aromatic carbocycles. The van der Waals surface area contributed by atoms with E-state index in [2.05, 4.69) is 14.7 Å². The second-order valence-electron chi connectivity index (χ2n) is 5.66. The molecule has 0 radical (unpaired) electrons. The Morgan fingerprint density at radius 2 is 1.61 bits per heavy atom. The van der Waals surface area contributed by atoms with Crippen LogP contribution in [0.1, 0.15) is 43.4 Å². The molecule has 0 fully saturated rings. The summed E-state index contributed by atoms with van der Waals surface area (Å²) < 4.78 is 29.4. The van der Waals surface area contributed by atoms with Crippen molar-refractivity contribution in [2.45, 2.75) is 6.43 Å². The summed E-state index contributed by atoms with van der Waals surface area (Å²) in [6.45, 7) is 0. The van der Waals surface area contributed by atoms with Gasteiger partial charge in [0, 0.05) is 5.56 Å². The first-order chi connectivity index (χ1) is 13.5. The second-order valence-corrected chi connectivity index (χ2v) is 5.66. The molecule has 0 atom stereocenters. The van der Waals surface area contributed by atoms with E-state index in [-0.39, 0.29) is 22.5 Å². The van der Waals surface area contributed by atoms with E-state index in [9.17, 15) is 23.2 Å². The zero-order valence-corrected chi connectivity index (χ0v) is 13.8. The lowest BCUT2D eigenvalue weighted by molar-refractivity contribution is -0.0584. The Kier molecular flexibility index (Phi) is 4.15. The number of amides is 2. The van der Waals surface area contributed by atoms with Crippen LogP contribution in [0.2, 0.25) is 0 Å². The first-order valence-electron chi connectivity index (χ1n) is 7.88. The smallest absolute Gasteiger partial charge is 0.333 e. The number of hydrogen-bond donors (Lipinski definition) is 0. The van der Waals surface area contributed by atoms with Crippen LogP contribution < -0.4 is 0 Å². The highest BCUT2D eigenvalue weighted by Gasteiger charge is 2.38. The van der Waals surface area contributed by atoms with Gasteiger partial charge in [-0.1, -0.05) is 34.5 Å². The van der Waals surface area contributed by atoms with Crippen LogP contribution in [0, 0.1) is 0 Å². The Morgan fingerprint density at radius 3 is 2.14 bits per heavy atom. The van der Waals surface area contributed by atoms with E-state index in [1.54, 1.807) is 12.1 Å². The molecule has 0 saturated carbocycles. The molecule has 0 aliphatic carbocycles. The number of alkyl halides is 2. The molecule has 0 bridgehead atoms. The third kappa shape index (κ3) is 2.90. The maximum atomic E-state index is 12.5. The van der Waals surface area contributed by atoms with E-state index in [1.165, 1.54) is 36.4 Å². The summed E-state index contributed by atoms with van der Waals surface area (Å²) in [7, 11) is 0. The number of hydrogen-bond acceptors (Lipinski definition) is 7. The number of nitrogens with zero attached hydrogens (tertiary/aromatic N) is 3. The van der Waals surface area contributed by atoms with Gasteiger partial charge in [0.25, 0.3) is 17.7 Å². The highest BCUT2D eigenvalue weighted by molar-refractivity contribution is 6.21. The molecule has 2 heterocycles. The van der Waals surface area contributed by atoms with E-state index in [0.29, 0.717) is 10.6 Å². The third-order valence-corrected chi connectivity index (χ3v) is 3.94. The zero-order chi connectivity index (χ0) is 19.8. The van der Waals surface area contributed by atoms with Crippen molar-refractivity contribution in [2.75, 3.05) is 0 Å². The monoisotopic (exact) mass is 385 g/mol. The van der Waals surface area contributed by atoms with Gasteiger partial charge >= 0.3 is 12.4 Å². The fourth-order valence-electron chi connectivity index (χ4n) is 2.58. The molecule has 8 nitrogen and oxygen atoms in total. The van der Waals surface area contributed by atoms with Crippen molar-refractivity contribution in [3.8, 4) is 11.4 Å². The first-order valence-corrected chi connectivity index (χ1v) is 7.88. The lowest BCUT2D eigenvalue weighted by Crippen LogP contribution is -2.32. The normalized spacial score (nSPS) is 13.2. The van der Waals surface area contributed by atoms with Crippen LogP contribution in [-0.4, -0.2) is 33.0 Å². The molecule has 3 aromatic rings. The number of imide groups is 1. The summed E-state index contributed by atoms with van der Waals surface area (Å²) in [5.41, 5.74) is 0.635. The van der Waals surface area contributed by atoms with Crippen molar-refractivity contribution in [1.82, 2.24) is 15.2 Å². The van der Waals surface area contributed by atoms with Crippen LogP contribution >= 0.6 is 0 Å². The fraction of sp³-hybridized carbons (Fsp3) is 0.0556. The standard InChI is InChI=1S/C18H9F2N3O5/c19-13(20)15-21-14(22-27-15)9-5-7-10(8-6-9)18(26)28-23-16(24)11-3-1-2-4-12(11)17(23)25/h1-8,13H. The largest absolute Gasteiger partial charge is 0.363 e. The van der Waals surface area contributed by atoms with E-state index < -0.39 is 30.1 Å². The molecule has 4 rings (SSSR count). The topological polar surface area (TPSA) is 103 Å². The minimum absolute atomic E-state index is 0.0258. The van der Waals surface area contributed by atoms with Gasteiger partial charge in [-0.3, -0.25) is 9.59 Å². The number of hydroxylamine groups is 2. The van der Waals surface area contributed by atoms with Crippen molar-refractivity contribution in [3.63, 3.8) is 0 Å². The molecule has 0 spiro atoms. The fourth-order valence-corrected chi connectivity index (χ4v) is 2.58. The van der Waals surface area contributed by atoms with Crippen LogP contribution in [-0.2, 0) is 4.84 Å². The maximum absolute atomic E-state index is 12.5. The SMILES string of the molecule is O=C(ON1C(=O)c2ccccc2C1=O)c1ccc(-c2noc(C(F)F)n2)cc1. The zero-order valence-electron chi connectivity index (χ0n) is 13.8. The predicted molar refractivity (Wildman–Crippen MR) is 87.0 cm³/mol. The lowest BCUT2D eigenvalue weighted by Gasteiger charge is -2.12. The molecule has 1 aromatic heterocycles. The van der Waals surface area contributed by atoms with E-state index in [4.69, 9.17) is 4.84 Å². The van der Waals surface area contributed by atoms with Crippen LogP contribution in [0.5, 0.6) is 0 Å². The molecule has 0 N–H and O–H groups in total. The van der Waals surface area contributed by atoms with Gasteiger partial charge in [-0.2, -0.15) is 13.8 Å². The highest BCUT2D eigenvalue weighted by Crippen LogP contribution is 2.24. The van der Waals surface area contributed by atoms with Gasteiger partial charge < -0.3 is 9.36 Å². The molecule has 1 aliphatic heterocycles. The molecule has 2 amide bonds. The van der Waals surface area contributed by atoms with Crippen LogP contribution in [0.15, 0.2) is 53.1 Å². The molecule has 1 aliphatic rings. The van der Waals surface area contributed by atoms with Crippen molar-refractivity contribution in [2.24, 2.45) is 0 Å². The summed E-state index contributed by atoms with van der Waals surface area (Å²) in [4.78, 5) is 45.2. The summed E-state index contributed by atoms with van der Waals surface area (Å²) in [5.74, 6) is -3.31. The van der Waals surface area contributed by atoms with Crippen molar-refractivity contribution in [1.29, 1.82) is 0 Å². The van der Waals surface area contributed by atoms with Crippen LogP contribution in [0.25, 0.3) is 11.4 Å². The van der Waals surface area contributed by atoms with Gasteiger partial charge in [0.15, 0.2) is 0 Å². The highest BCUT2D eigenvalue weighted by atomic mass is 19.3. The molecular formula is C18H9F2N3O5. The van der Waals surface area contributed by atoms with Gasteiger partial charge in [-0.25, -0.2) is 4.79 Å². The second kappa shape index (κ2) is 6.65. The van der Waals surface area contributed by atoms with Gasteiger partial charge in [0.05, 0.1) is 16.7 Å². The predicted octanol–water partition coefficient (Wildman–Crippen LogP) is 3.04. The summed E-state index contributed by atoms with van der Waals surface area (Å²) in [6.07, 6.45) is -2.89. The summed E-state index contributed by atoms with van der Waals surface area (Å²) in [5, 5.41) is 3.83. The quantitative estimate of drug-likeness (QED) is 0.636. The Balaban J connectivity index is 1.50. The Bertz CT molecular complexity index is 1060. The summed E-state index contributed by atoms with van der Waals surface area (Å²) in [6, 6.07) is 11.5. The lowest BCUT2D eigenvalue weighted by atomic mass is 10.1. The average molecular weight is 385 g/mol. The number of aromatic nitrogens is 2. The Hall–Kier alpha value is -3.95. The Labute approximate surface area is 155 Å². The third-order valence-electron chi connectivity index (χ3n) is 3.94. The number of halogens is 2. The van der Waals surface area contributed by atoms with Gasteiger partial charge in [-0.05, 0) is 24.3 Å². The van der Waals surface area contributed by atoms with E-state index in [0.717, 1.165) is 0 Å². The molecule has 28 heavy (non-hydrogen) atoms. The molecular weight excluding hydrogens is 376 g/mol. The Morgan fingerprint density at radius 1 is 1.00 bits per heavy atom. The van der Waals surface area contributed by atoms with Crippen molar-refractivity contribution < 1.29 is 32.5 Å². The maximum Gasteiger partial charge on any atom is 0.363 e. The number of carbonyl (C=O) groups excluding carboxylic acids is 3. The van der Waals surface area contributed by atoms with Crippen molar-refractivity contribution in [3.05, 3.63) is 71.1 Å². The minimum Gasteiger partial charge on any atom is -0.333 e. The van der Waals surface area contributed by atoms with Crippen LogP contribution in [0.3, 0.4) is 0 Å². The molecule has 0 saturated heterocycles. The van der Waals surface area contributed by atoms with Gasteiger partial charge in [0.2, 0.25) is 5.82 Å². The van der Waals surface area contributed by atoms with E-state index >= 15 is 0 Å². The average Bonchev–Trinajstić information content (AvgIpc) is 3.29. The molecule has 140 valence electrons. The van der Waals surface area contributed by atoms with Gasteiger partial charge in [0.1, 0.15) is 0 Å². The van der Waals surface area contributed by atoms with Gasteiger partial charge in [-0.15, -0.1) is 0 Å². The summed E-state index contributed by atoms with van der Waals surface area (Å²) >= 11 is 0. The molecule has 10 heteroatoms. The number of benzene rings is 2. The van der Waals surface area contributed by atoms with Crippen LogP contribution in [0.4, 0.5) is 8.78 Å². The van der Waals surface area contributed by atoms with E-state index in [1.807, 2.05) is 0 Å². The number of rotatable bonds is 4. The number of fused-ring (bicyclic) bond motifs is 1. The number of carbonyl (C=O) groups is 3. The first kappa shape index (κ1) is 17.5. The molecule has 0 unspecified atom stereocenters.